The molecule has 1 N–H and O–H groups in total. The van der Waals surface area contributed by atoms with Crippen LogP contribution in [0.4, 0.5) is 0 Å². The van der Waals surface area contributed by atoms with Gasteiger partial charge in [0.15, 0.2) is 12.4 Å². The average Bonchev–Trinajstić information content (AvgIpc) is 2.55. The molecule has 0 aliphatic heterocycles. The third-order valence-corrected chi connectivity index (χ3v) is 4.05. The van der Waals surface area contributed by atoms with Crippen LogP contribution in [0.3, 0.4) is 0 Å². The van der Waals surface area contributed by atoms with Crippen molar-refractivity contribution in [2.45, 2.75) is 90.5 Å². The lowest BCUT2D eigenvalue weighted by Gasteiger charge is -2.02. The standard InChI is InChI=1S/C19H34N.H2O4S/c1-2-3-4-5-6-7-8-9-10-11-12-14-17-20-18-15-13-16-19-20;1-5(2,3)4/h13,15-16,18-19H,2-12,14,17H2,1H3;(H2,1,2,3,4)/q+1;/p-1. The van der Waals surface area contributed by atoms with E-state index in [4.69, 9.17) is 17.5 Å². The van der Waals surface area contributed by atoms with Gasteiger partial charge < -0.3 is 4.55 Å². The van der Waals surface area contributed by atoms with Crippen molar-refractivity contribution in [2.24, 2.45) is 0 Å². The minimum atomic E-state index is -4.92. The first-order valence-corrected chi connectivity index (χ1v) is 10.9. The van der Waals surface area contributed by atoms with Crippen molar-refractivity contribution in [2.75, 3.05) is 0 Å². The van der Waals surface area contributed by atoms with Crippen LogP contribution in [0.5, 0.6) is 0 Å². The maximum atomic E-state index is 8.63. The van der Waals surface area contributed by atoms with Gasteiger partial charge in [-0.15, -0.1) is 0 Å². The molecule has 0 fully saturated rings. The molecule has 0 bridgehead atoms. The molecule has 0 aliphatic rings. The van der Waals surface area contributed by atoms with E-state index in [0.29, 0.717) is 0 Å². The predicted molar refractivity (Wildman–Crippen MR) is 100 cm³/mol. The fraction of sp³-hybridized carbons (Fsp3) is 0.737. The van der Waals surface area contributed by atoms with Gasteiger partial charge in [0.2, 0.25) is 10.4 Å². The summed E-state index contributed by atoms with van der Waals surface area (Å²) in [5.74, 6) is 0. The molecule has 6 heteroatoms. The summed E-state index contributed by atoms with van der Waals surface area (Å²) in [6.45, 7) is 3.47. The number of hydrogen-bond acceptors (Lipinski definition) is 3. The second kappa shape index (κ2) is 16.5. The first kappa shape index (κ1) is 24.0. The van der Waals surface area contributed by atoms with Crippen LogP contribution in [0.15, 0.2) is 30.6 Å². The Kier molecular flexibility index (Phi) is 15.8. The molecule has 146 valence electrons. The van der Waals surface area contributed by atoms with Gasteiger partial charge in [-0.2, -0.15) is 0 Å². The molecule has 1 heterocycles. The molecule has 0 saturated carbocycles. The second-order valence-corrected chi connectivity index (χ2v) is 7.29. The molecule has 0 atom stereocenters. The Balaban J connectivity index is 0.00000101. The Hall–Kier alpha value is -0.980. The quantitative estimate of drug-likeness (QED) is 0.235. The monoisotopic (exact) mass is 373 g/mol. The molecule has 0 aliphatic carbocycles. The van der Waals surface area contributed by atoms with Crippen molar-refractivity contribution >= 4 is 10.4 Å². The van der Waals surface area contributed by atoms with Crippen molar-refractivity contribution in [1.29, 1.82) is 0 Å². The van der Waals surface area contributed by atoms with E-state index in [1.807, 2.05) is 0 Å². The van der Waals surface area contributed by atoms with Crippen molar-refractivity contribution < 1.29 is 22.1 Å². The number of aryl methyl sites for hydroxylation is 1. The molecule has 0 amide bonds. The predicted octanol–water partition coefficient (Wildman–Crippen LogP) is 4.68. The molecule has 0 saturated heterocycles. The van der Waals surface area contributed by atoms with Crippen LogP contribution in [0.25, 0.3) is 0 Å². The first-order chi connectivity index (χ1) is 11.9. The average molecular weight is 374 g/mol. The minimum absolute atomic E-state index is 1.18. The van der Waals surface area contributed by atoms with E-state index in [1.54, 1.807) is 0 Å². The van der Waals surface area contributed by atoms with Crippen LogP contribution >= 0.6 is 0 Å². The van der Waals surface area contributed by atoms with Gasteiger partial charge in [-0.3, -0.25) is 4.55 Å². The summed E-state index contributed by atoms with van der Waals surface area (Å²) < 4.78 is 35.1. The molecule has 0 radical (unpaired) electrons. The molecule has 0 unspecified atom stereocenters. The third kappa shape index (κ3) is 23.0. The number of unbranched alkanes of at least 4 members (excludes halogenated alkanes) is 11. The molecule has 5 nitrogen and oxygen atoms in total. The zero-order chi connectivity index (χ0) is 18.8. The van der Waals surface area contributed by atoms with Gasteiger partial charge >= 0.3 is 0 Å². The highest BCUT2D eigenvalue weighted by atomic mass is 32.3. The molecule has 1 rings (SSSR count). The van der Waals surface area contributed by atoms with E-state index in [0.717, 1.165) is 0 Å². The molecule has 25 heavy (non-hydrogen) atoms. The van der Waals surface area contributed by atoms with Crippen LogP contribution in [0.1, 0.15) is 84.0 Å². The largest absolute Gasteiger partial charge is 0.726 e. The van der Waals surface area contributed by atoms with Gasteiger partial charge in [0.05, 0.1) is 0 Å². The van der Waals surface area contributed by atoms with E-state index in [-0.39, 0.29) is 0 Å². The van der Waals surface area contributed by atoms with Crippen LogP contribution in [0.2, 0.25) is 0 Å². The summed E-state index contributed by atoms with van der Waals surface area (Å²) in [4.78, 5) is 0. The molecule has 0 aromatic carbocycles. The van der Waals surface area contributed by atoms with E-state index >= 15 is 0 Å². The number of aromatic nitrogens is 1. The van der Waals surface area contributed by atoms with E-state index in [1.165, 1.54) is 83.6 Å². The van der Waals surface area contributed by atoms with Gasteiger partial charge in [-0.05, 0) is 6.42 Å². The number of hydrogen-bond donors (Lipinski definition) is 1. The van der Waals surface area contributed by atoms with Gasteiger partial charge in [0.25, 0.3) is 0 Å². The van der Waals surface area contributed by atoms with Gasteiger partial charge in [-0.25, -0.2) is 13.0 Å². The summed E-state index contributed by atoms with van der Waals surface area (Å²) in [6.07, 6.45) is 21.4. The van der Waals surface area contributed by atoms with Crippen molar-refractivity contribution in [3.05, 3.63) is 30.6 Å². The summed E-state index contributed by atoms with van der Waals surface area (Å²) in [5, 5.41) is 0. The summed E-state index contributed by atoms with van der Waals surface area (Å²) in [6, 6.07) is 6.31. The first-order valence-electron chi connectivity index (χ1n) is 9.56. The Labute approximate surface area is 154 Å². The van der Waals surface area contributed by atoms with Crippen LogP contribution in [0, 0.1) is 0 Å². The number of rotatable bonds is 13. The Morgan fingerprint density at radius 3 is 1.52 bits per heavy atom. The molecular weight excluding hydrogens is 338 g/mol. The summed E-state index contributed by atoms with van der Waals surface area (Å²) in [5.41, 5.74) is 0. The fourth-order valence-electron chi connectivity index (χ4n) is 2.72. The van der Waals surface area contributed by atoms with Gasteiger partial charge in [-0.1, -0.05) is 77.2 Å². The highest BCUT2D eigenvalue weighted by molar-refractivity contribution is 7.79. The van der Waals surface area contributed by atoms with Crippen LogP contribution in [-0.4, -0.2) is 17.5 Å². The van der Waals surface area contributed by atoms with Gasteiger partial charge in [0, 0.05) is 18.6 Å². The second-order valence-electron chi connectivity index (χ2n) is 6.43. The zero-order valence-corrected chi connectivity index (χ0v) is 16.4. The minimum Gasteiger partial charge on any atom is -0.726 e. The number of nitrogens with zero attached hydrogens (tertiary/aromatic N) is 1. The SMILES string of the molecule is CCCCCCCCCCCCCC[n+]1ccccc1.O=S(=O)([O-])O. The molecule has 1 aromatic rings. The lowest BCUT2D eigenvalue weighted by Crippen LogP contribution is -2.32. The number of pyridine rings is 1. The molecule has 1 aromatic heterocycles. The normalized spacial score (nSPS) is 11.0. The third-order valence-electron chi connectivity index (χ3n) is 4.05. The molecule has 0 spiro atoms. The highest BCUT2D eigenvalue weighted by Crippen LogP contribution is 2.11. The van der Waals surface area contributed by atoms with Crippen molar-refractivity contribution in [1.82, 2.24) is 0 Å². The lowest BCUT2D eigenvalue weighted by atomic mass is 10.1. The van der Waals surface area contributed by atoms with Gasteiger partial charge in [0.1, 0.15) is 6.54 Å². The summed E-state index contributed by atoms with van der Waals surface area (Å²) in [7, 11) is -4.92. The molecular formula is C19H35NO4S. The maximum absolute atomic E-state index is 8.63. The summed E-state index contributed by atoms with van der Waals surface area (Å²) >= 11 is 0. The van der Waals surface area contributed by atoms with Crippen LogP contribution in [-0.2, 0) is 16.9 Å². The maximum Gasteiger partial charge on any atom is 0.215 e. The van der Waals surface area contributed by atoms with Crippen molar-refractivity contribution in [3.8, 4) is 0 Å². The smallest absolute Gasteiger partial charge is 0.215 e. The Bertz CT molecular complexity index is 483. The topological polar surface area (TPSA) is 81.3 Å². The Morgan fingerprint density at radius 2 is 1.12 bits per heavy atom. The zero-order valence-electron chi connectivity index (χ0n) is 15.6. The van der Waals surface area contributed by atoms with E-state index in [9.17, 15) is 0 Å². The highest BCUT2D eigenvalue weighted by Gasteiger charge is 1.97. The fourth-order valence-corrected chi connectivity index (χ4v) is 2.72. The van der Waals surface area contributed by atoms with E-state index < -0.39 is 10.4 Å². The van der Waals surface area contributed by atoms with Crippen LogP contribution < -0.4 is 4.57 Å². The lowest BCUT2D eigenvalue weighted by molar-refractivity contribution is -0.697. The Morgan fingerprint density at radius 1 is 0.760 bits per heavy atom. The van der Waals surface area contributed by atoms with E-state index in [2.05, 4.69) is 42.1 Å². The van der Waals surface area contributed by atoms with Crippen molar-refractivity contribution in [3.63, 3.8) is 0 Å².